The molecule has 1 saturated carbocycles. The smallest absolute Gasteiger partial charge is 0.193 e. The second-order valence-electron chi connectivity index (χ2n) is 6.97. The maximum absolute atomic E-state index is 5.74. The van der Waals surface area contributed by atoms with E-state index in [1.165, 1.54) is 17.7 Å². The number of halogens is 1. The molecule has 2 rings (SSSR count). The maximum atomic E-state index is 5.74. The SMILES string of the molecule is CCNC(=NCC(C)(C)c1cccs1)N(C)CCOCC1CC1.I. The van der Waals surface area contributed by atoms with E-state index in [1.54, 1.807) is 11.3 Å². The van der Waals surface area contributed by atoms with E-state index in [0.717, 1.165) is 44.7 Å². The van der Waals surface area contributed by atoms with Crippen LogP contribution < -0.4 is 5.32 Å². The lowest BCUT2D eigenvalue weighted by Gasteiger charge is -2.25. The number of hydrogen-bond donors (Lipinski definition) is 1. The average molecular weight is 465 g/mol. The lowest BCUT2D eigenvalue weighted by atomic mass is 9.92. The molecule has 1 heterocycles. The first-order chi connectivity index (χ1) is 11.0. The van der Waals surface area contributed by atoms with Gasteiger partial charge >= 0.3 is 0 Å². The molecule has 1 aliphatic rings. The minimum absolute atomic E-state index is 0. The van der Waals surface area contributed by atoms with E-state index in [9.17, 15) is 0 Å². The van der Waals surface area contributed by atoms with Crippen molar-refractivity contribution < 1.29 is 4.74 Å². The van der Waals surface area contributed by atoms with Crippen molar-refractivity contribution in [2.45, 2.75) is 39.0 Å². The molecule has 0 aromatic carbocycles. The Morgan fingerprint density at radius 3 is 2.79 bits per heavy atom. The zero-order valence-corrected chi connectivity index (χ0v) is 18.5. The van der Waals surface area contributed by atoms with E-state index in [0.29, 0.717) is 0 Å². The van der Waals surface area contributed by atoms with Gasteiger partial charge in [-0.25, -0.2) is 0 Å². The topological polar surface area (TPSA) is 36.9 Å². The summed E-state index contributed by atoms with van der Waals surface area (Å²) in [6.45, 7) is 10.8. The standard InChI is InChI=1S/C18H31N3OS.HI/c1-5-19-17(21(4)10-11-22-13-15-8-9-15)20-14-18(2,3)16-7-6-12-23-16;/h6-7,12,15H,5,8-11,13-14H2,1-4H3,(H,19,20);1H. The van der Waals surface area contributed by atoms with Crippen LogP contribution in [0.3, 0.4) is 0 Å². The molecule has 24 heavy (non-hydrogen) atoms. The maximum Gasteiger partial charge on any atom is 0.193 e. The van der Waals surface area contributed by atoms with Crippen LogP contribution in [-0.4, -0.2) is 50.8 Å². The zero-order chi connectivity index (χ0) is 16.7. The number of guanidine groups is 1. The second-order valence-corrected chi connectivity index (χ2v) is 7.92. The molecule has 1 aliphatic carbocycles. The fourth-order valence-corrected chi connectivity index (χ4v) is 3.17. The predicted molar refractivity (Wildman–Crippen MR) is 115 cm³/mol. The van der Waals surface area contributed by atoms with E-state index in [4.69, 9.17) is 9.73 Å². The Labute approximate surface area is 168 Å². The summed E-state index contributed by atoms with van der Waals surface area (Å²) in [4.78, 5) is 8.40. The molecule has 1 aromatic rings. The summed E-state index contributed by atoms with van der Waals surface area (Å²) in [5, 5.41) is 5.52. The van der Waals surface area contributed by atoms with Crippen molar-refractivity contribution in [3.63, 3.8) is 0 Å². The molecule has 0 saturated heterocycles. The number of nitrogens with one attached hydrogen (secondary N) is 1. The lowest BCUT2D eigenvalue weighted by Crippen LogP contribution is -2.41. The number of likely N-dealkylation sites (N-methyl/N-ethyl adjacent to an activating group) is 1. The molecule has 0 radical (unpaired) electrons. The van der Waals surface area contributed by atoms with Gasteiger partial charge in [-0.05, 0) is 37.1 Å². The van der Waals surface area contributed by atoms with Crippen LogP contribution >= 0.6 is 35.3 Å². The van der Waals surface area contributed by atoms with Crippen molar-refractivity contribution in [1.29, 1.82) is 0 Å². The first-order valence-electron chi connectivity index (χ1n) is 8.64. The normalized spacial score (nSPS) is 15.1. The van der Waals surface area contributed by atoms with Crippen LogP contribution in [0.1, 0.15) is 38.5 Å². The second kappa shape index (κ2) is 10.6. The van der Waals surface area contributed by atoms with Crippen molar-refractivity contribution in [2.24, 2.45) is 10.9 Å². The Balaban J connectivity index is 0.00000288. The zero-order valence-electron chi connectivity index (χ0n) is 15.4. The highest BCUT2D eigenvalue weighted by Gasteiger charge is 2.22. The van der Waals surface area contributed by atoms with E-state index >= 15 is 0 Å². The van der Waals surface area contributed by atoms with Gasteiger partial charge in [-0.1, -0.05) is 19.9 Å². The molecule has 0 bridgehead atoms. The van der Waals surface area contributed by atoms with Gasteiger partial charge in [0.15, 0.2) is 5.96 Å². The van der Waals surface area contributed by atoms with Crippen LogP contribution in [0.4, 0.5) is 0 Å². The van der Waals surface area contributed by atoms with Crippen LogP contribution in [0.15, 0.2) is 22.5 Å². The first-order valence-corrected chi connectivity index (χ1v) is 9.52. The lowest BCUT2D eigenvalue weighted by molar-refractivity contribution is 0.115. The molecule has 138 valence electrons. The van der Waals surface area contributed by atoms with Gasteiger partial charge in [0.05, 0.1) is 13.2 Å². The first kappa shape index (κ1) is 21.7. The van der Waals surface area contributed by atoms with E-state index < -0.39 is 0 Å². The largest absolute Gasteiger partial charge is 0.379 e. The van der Waals surface area contributed by atoms with Gasteiger partial charge in [0.25, 0.3) is 0 Å². The Morgan fingerprint density at radius 1 is 1.46 bits per heavy atom. The molecular weight excluding hydrogens is 433 g/mol. The van der Waals surface area contributed by atoms with Crippen molar-refractivity contribution in [2.75, 3.05) is 39.9 Å². The van der Waals surface area contributed by atoms with Crippen LogP contribution in [0, 0.1) is 5.92 Å². The van der Waals surface area contributed by atoms with Crippen LogP contribution in [0.25, 0.3) is 0 Å². The fourth-order valence-electron chi connectivity index (χ4n) is 2.33. The average Bonchev–Trinajstić information content (AvgIpc) is 3.16. The van der Waals surface area contributed by atoms with Crippen molar-refractivity contribution in [1.82, 2.24) is 10.2 Å². The molecule has 6 heteroatoms. The van der Waals surface area contributed by atoms with Gasteiger partial charge in [-0.15, -0.1) is 35.3 Å². The number of hydrogen-bond acceptors (Lipinski definition) is 3. The summed E-state index contributed by atoms with van der Waals surface area (Å²) in [6.07, 6.45) is 2.69. The van der Waals surface area contributed by atoms with Crippen molar-refractivity contribution in [3.8, 4) is 0 Å². The third-order valence-electron chi connectivity index (χ3n) is 4.13. The molecule has 0 atom stereocenters. The number of aliphatic imine (C=N–C) groups is 1. The highest BCUT2D eigenvalue weighted by Crippen LogP contribution is 2.29. The van der Waals surface area contributed by atoms with Crippen LogP contribution in [0.5, 0.6) is 0 Å². The van der Waals surface area contributed by atoms with Gasteiger partial charge in [-0.2, -0.15) is 0 Å². The van der Waals surface area contributed by atoms with Crippen LogP contribution in [0.2, 0.25) is 0 Å². The van der Waals surface area contributed by atoms with E-state index in [1.807, 2.05) is 0 Å². The number of thiophene rings is 1. The number of nitrogens with zero attached hydrogens (tertiary/aromatic N) is 2. The molecule has 0 spiro atoms. The van der Waals surface area contributed by atoms with Crippen molar-refractivity contribution >= 4 is 41.3 Å². The highest BCUT2D eigenvalue weighted by molar-refractivity contribution is 14.0. The minimum Gasteiger partial charge on any atom is -0.379 e. The molecule has 1 N–H and O–H groups in total. The third-order valence-corrected chi connectivity index (χ3v) is 5.37. The number of ether oxygens (including phenoxy) is 1. The summed E-state index contributed by atoms with van der Waals surface area (Å²) < 4.78 is 5.74. The monoisotopic (exact) mass is 465 g/mol. The minimum atomic E-state index is 0. The van der Waals surface area contributed by atoms with E-state index in [2.05, 4.69) is 55.5 Å². The van der Waals surface area contributed by atoms with Crippen LogP contribution in [-0.2, 0) is 10.2 Å². The predicted octanol–water partition coefficient (Wildman–Crippen LogP) is 3.97. The summed E-state index contributed by atoms with van der Waals surface area (Å²) in [5.41, 5.74) is 0.0676. The quantitative estimate of drug-likeness (QED) is 0.260. The van der Waals surface area contributed by atoms with Crippen molar-refractivity contribution in [3.05, 3.63) is 22.4 Å². The molecule has 1 aromatic heterocycles. The fraction of sp³-hybridized carbons (Fsp3) is 0.722. The Bertz CT molecular complexity index is 486. The van der Waals surface area contributed by atoms with Gasteiger partial charge in [0.1, 0.15) is 0 Å². The molecule has 0 aliphatic heterocycles. The summed E-state index contributed by atoms with van der Waals surface area (Å²) in [6, 6.07) is 4.31. The molecule has 0 amide bonds. The Hall–Kier alpha value is -0.340. The molecule has 4 nitrogen and oxygen atoms in total. The molecule has 0 unspecified atom stereocenters. The van der Waals surface area contributed by atoms with E-state index in [-0.39, 0.29) is 29.4 Å². The third kappa shape index (κ3) is 7.27. The summed E-state index contributed by atoms with van der Waals surface area (Å²) >= 11 is 1.81. The highest BCUT2D eigenvalue weighted by atomic mass is 127. The Morgan fingerprint density at radius 2 is 2.21 bits per heavy atom. The van der Waals surface area contributed by atoms with Gasteiger partial charge in [0, 0.05) is 37.0 Å². The summed E-state index contributed by atoms with van der Waals surface area (Å²) in [7, 11) is 2.08. The Kier molecular flexibility index (Phi) is 9.59. The molecular formula is C18H32IN3OS. The summed E-state index contributed by atoms with van der Waals surface area (Å²) in [5.74, 6) is 1.79. The van der Waals surface area contributed by atoms with Gasteiger partial charge in [-0.3, -0.25) is 4.99 Å². The molecule has 1 fully saturated rings. The van der Waals surface area contributed by atoms with Gasteiger partial charge in [0.2, 0.25) is 0 Å². The number of rotatable bonds is 9. The van der Waals surface area contributed by atoms with Gasteiger partial charge < -0.3 is 15.0 Å².